The lowest BCUT2D eigenvalue weighted by molar-refractivity contribution is 0.0821. The Bertz CT molecular complexity index is 143. The van der Waals surface area contributed by atoms with Gasteiger partial charge >= 0.3 is 0 Å². The molecule has 1 unspecified atom stereocenters. The van der Waals surface area contributed by atoms with E-state index in [1.54, 1.807) is 0 Å². The number of aliphatic hydroxyl groups is 1. The van der Waals surface area contributed by atoms with Gasteiger partial charge in [-0.15, -0.1) is 0 Å². The van der Waals surface area contributed by atoms with Crippen LogP contribution in [0.3, 0.4) is 0 Å². The lowest BCUT2D eigenvalue weighted by atomic mass is 9.75. The first kappa shape index (κ1) is 8.48. The molecule has 3 atom stereocenters. The minimum atomic E-state index is 0.343. The van der Waals surface area contributed by atoms with Gasteiger partial charge in [-0.25, -0.2) is 0 Å². The van der Waals surface area contributed by atoms with Crippen molar-refractivity contribution in [1.29, 1.82) is 0 Å². The van der Waals surface area contributed by atoms with Crippen LogP contribution in [0.2, 0.25) is 0 Å². The van der Waals surface area contributed by atoms with Crippen LogP contribution < -0.4 is 10.6 Å². The third-order valence-electron chi connectivity index (χ3n) is 3.33. The van der Waals surface area contributed by atoms with Gasteiger partial charge < -0.3 is 15.7 Å². The van der Waals surface area contributed by atoms with Crippen molar-refractivity contribution in [3.8, 4) is 0 Å². The number of aliphatic hydroxyl groups excluding tert-OH is 1. The summed E-state index contributed by atoms with van der Waals surface area (Å²) in [5.74, 6) is 2.00. The summed E-state index contributed by atoms with van der Waals surface area (Å²) < 4.78 is 0. The van der Waals surface area contributed by atoms with Crippen molar-refractivity contribution in [2.45, 2.75) is 6.42 Å². The summed E-state index contributed by atoms with van der Waals surface area (Å²) in [6.07, 6.45) is 1.27. The van der Waals surface area contributed by atoms with Crippen LogP contribution >= 0.6 is 0 Å². The van der Waals surface area contributed by atoms with Gasteiger partial charge in [0.25, 0.3) is 0 Å². The van der Waals surface area contributed by atoms with Crippen LogP contribution in [0.4, 0.5) is 0 Å². The van der Waals surface area contributed by atoms with E-state index >= 15 is 0 Å². The molecule has 0 radical (unpaired) electrons. The Hall–Kier alpha value is -0.120. The summed E-state index contributed by atoms with van der Waals surface area (Å²) in [7, 11) is 0. The van der Waals surface area contributed by atoms with Crippen molar-refractivity contribution in [3.05, 3.63) is 0 Å². The van der Waals surface area contributed by atoms with E-state index in [4.69, 9.17) is 5.11 Å². The quantitative estimate of drug-likeness (QED) is 0.493. The topological polar surface area (TPSA) is 44.3 Å². The average Bonchev–Trinajstić information content (AvgIpc) is 2.17. The zero-order valence-electron chi connectivity index (χ0n) is 7.42. The molecule has 0 saturated carbocycles. The molecule has 0 aromatic rings. The fraction of sp³-hybridized carbons (Fsp3) is 1.00. The predicted octanol–water partition coefficient (Wildman–Crippen LogP) is -0.576. The van der Waals surface area contributed by atoms with E-state index in [1.807, 2.05) is 0 Å². The van der Waals surface area contributed by atoms with E-state index in [-0.39, 0.29) is 0 Å². The molecule has 2 rings (SSSR count). The molecule has 0 amide bonds. The van der Waals surface area contributed by atoms with Crippen molar-refractivity contribution in [3.63, 3.8) is 0 Å². The predicted molar refractivity (Wildman–Crippen MR) is 47.9 cm³/mol. The lowest BCUT2D eigenvalue weighted by Crippen LogP contribution is -2.52. The molecular weight excluding hydrogens is 152 g/mol. The molecule has 2 fully saturated rings. The van der Waals surface area contributed by atoms with E-state index in [0.717, 1.165) is 32.1 Å². The Balaban J connectivity index is 1.99. The largest absolute Gasteiger partial charge is 0.396 e. The zero-order valence-corrected chi connectivity index (χ0v) is 7.42. The second-order valence-corrected chi connectivity index (χ2v) is 4.02. The maximum Gasteiger partial charge on any atom is 0.0474 e. The highest BCUT2D eigenvalue weighted by Gasteiger charge is 2.33. The molecule has 70 valence electrons. The van der Waals surface area contributed by atoms with Crippen molar-refractivity contribution in [1.82, 2.24) is 10.6 Å². The van der Waals surface area contributed by atoms with Gasteiger partial charge in [0.1, 0.15) is 0 Å². The second kappa shape index (κ2) is 3.73. The Morgan fingerprint density at radius 2 is 2.08 bits per heavy atom. The van der Waals surface area contributed by atoms with Gasteiger partial charge in [0.05, 0.1) is 0 Å². The molecule has 2 heterocycles. The summed E-state index contributed by atoms with van der Waals surface area (Å²) in [4.78, 5) is 0. The van der Waals surface area contributed by atoms with Crippen LogP contribution in [0, 0.1) is 17.8 Å². The minimum absolute atomic E-state index is 0.343. The molecule has 2 aliphatic heterocycles. The Morgan fingerprint density at radius 1 is 1.17 bits per heavy atom. The van der Waals surface area contributed by atoms with E-state index in [2.05, 4.69) is 10.6 Å². The number of rotatable bonds is 1. The molecule has 0 spiro atoms. The van der Waals surface area contributed by atoms with Gasteiger partial charge in [0.15, 0.2) is 0 Å². The molecule has 2 aliphatic rings. The Labute approximate surface area is 73.5 Å². The monoisotopic (exact) mass is 170 g/mol. The molecule has 3 N–H and O–H groups in total. The van der Waals surface area contributed by atoms with Gasteiger partial charge in [0, 0.05) is 13.2 Å². The number of hydrogen-bond acceptors (Lipinski definition) is 3. The number of fused-ring (bicyclic) bond motifs is 1. The Kier molecular flexibility index (Phi) is 2.63. The molecule has 2 saturated heterocycles. The second-order valence-electron chi connectivity index (χ2n) is 4.02. The van der Waals surface area contributed by atoms with E-state index < -0.39 is 0 Å². The van der Waals surface area contributed by atoms with Crippen LogP contribution in [0.1, 0.15) is 6.42 Å². The zero-order chi connectivity index (χ0) is 8.39. The average molecular weight is 170 g/mol. The smallest absolute Gasteiger partial charge is 0.0474 e. The number of piperidine rings is 2. The molecular formula is C9H18N2O. The van der Waals surface area contributed by atoms with Crippen LogP contribution in [0.5, 0.6) is 0 Å². The van der Waals surface area contributed by atoms with Crippen molar-refractivity contribution in [2.24, 2.45) is 17.8 Å². The molecule has 3 nitrogen and oxygen atoms in total. The third-order valence-corrected chi connectivity index (χ3v) is 3.33. The van der Waals surface area contributed by atoms with Crippen molar-refractivity contribution >= 4 is 0 Å². The van der Waals surface area contributed by atoms with Crippen LogP contribution in [-0.4, -0.2) is 37.9 Å². The van der Waals surface area contributed by atoms with Gasteiger partial charge in [-0.1, -0.05) is 0 Å². The highest BCUT2D eigenvalue weighted by atomic mass is 16.3. The molecule has 0 aromatic carbocycles. The molecule has 0 aromatic heterocycles. The lowest BCUT2D eigenvalue weighted by Gasteiger charge is -2.41. The van der Waals surface area contributed by atoms with Crippen molar-refractivity contribution < 1.29 is 5.11 Å². The first-order chi connectivity index (χ1) is 5.92. The van der Waals surface area contributed by atoms with Gasteiger partial charge in [-0.2, -0.15) is 0 Å². The summed E-state index contributed by atoms with van der Waals surface area (Å²) >= 11 is 0. The van der Waals surface area contributed by atoms with Gasteiger partial charge in [-0.05, 0) is 43.8 Å². The molecule has 0 bridgehead atoms. The highest BCUT2D eigenvalue weighted by molar-refractivity contribution is 4.88. The minimum Gasteiger partial charge on any atom is -0.396 e. The molecule has 3 heteroatoms. The number of nitrogens with one attached hydrogen (secondary N) is 2. The first-order valence-electron chi connectivity index (χ1n) is 4.94. The Morgan fingerprint density at radius 3 is 2.92 bits per heavy atom. The molecule has 0 aliphatic carbocycles. The highest BCUT2D eigenvalue weighted by Crippen LogP contribution is 2.28. The third kappa shape index (κ3) is 1.49. The number of hydrogen-bond donors (Lipinski definition) is 3. The summed E-state index contributed by atoms with van der Waals surface area (Å²) in [5.41, 5.74) is 0. The summed E-state index contributed by atoms with van der Waals surface area (Å²) in [6, 6.07) is 0. The van der Waals surface area contributed by atoms with Crippen LogP contribution in [0.15, 0.2) is 0 Å². The first-order valence-corrected chi connectivity index (χ1v) is 4.94. The summed E-state index contributed by atoms with van der Waals surface area (Å²) in [6.45, 7) is 4.76. The van der Waals surface area contributed by atoms with Crippen molar-refractivity contribution in [2.75, 3.05) is 32.8 Å². The fourth-order valence-electron chi connectivity index (χ4n) is 2.55. The van der Waals surface area contributed by atoms with E-state index in [0.29, 0.717) is 18.4 Å². The van der Waals surface area contributed by atoms with Gasteiger partial charge in [0.2, 0.25) is 0 Å². The maximum absolute atomic E-state index is 9.16. The molecule has 12 heavy (non-hydrogen) atoms. The normalized spacial score (nSPS) is 42.2. The van der Waals surface area contributed by atoms with E-state index in [9.17, 15) is 0 Å². The van der Waals surface area contributed by atoms with Gasteiger partial charge in [-0.3, -0.25) is 0 Å². The van der Waals surface area contributed by atoms with E-state index in [1.165, 1.54) is 6.42 Å². The van der Waals surface area contributed by atoms with Crippen LogP contribution in [0.25, 0.3) is 0 Å². The standard InChI is InChI=1S/C9H18N2O/c12-6-8-4-11-3-7-1-2-10-5-9(7)8/h7-12H,1-6H2/t7-,8?,9-/m1/s1. The van der Waals surface area contributed by atoms with Crippen LogP contribution in [-0.2, 0) is 0 Å². The summed E-state index contributed by atoms with van der Waals surface area (Å²) in [5, 5.41) is 16.0. The fourth-order valence-corrected chi connectivity index (χ4v) is 2.55. The maximum atomic E-state index is 9.16. The SMILES string of the molecule is OCC1CNC[C@H]2CCNC[C@@H]12.